The van der Waals surface area contributed by atoms with Crippen LogP contribution in [0, 0.1) is 0 Å². The maximum Gasteiger partial charge on any atom is 0.332 e. The fourth-order valence-corrected chi connectivity index (χ4v) is 4.39. The number of hydrogen-bond donors (Lipinski definition) is 2. The predicted molar refractivity (Wildman–Crippen MR) is 126 cm³/mol. The summed E-state index contributed by atoms with van der Waals surface area (Å²) in [6, 6.07) is 9.01. The van der Waals surface area contributed by atoms with E-state index in [0.29, 0.717) is 12.8 Å². The van der Waals surface area contributed by atoms with E-state index in [-0.39, 0.29) is 24.8 Å². The molecule has 2 aromatic rings. The first-order valence-corrected chi connectivity index (χ1v) is 11.4. The summed E-state index contributed by atoms with van der Waals surface area (Å²) in [7, 11) is 0. The molecule has 34 heavy (non-hydrogen) atoms. The minimum absolute atomic E-state index is 0.0401. The van der Waals surface area contributed by atoms with Gasteiger partial charge in [0.2, 0.25) is 11.7 Å². The van der Waals surface area contributed by atoms with Crippen molar-refractivity contribution in [2.24, 2.45) is 0 Å². The summed E-state index contributed by atoms with van der Waals surface area (Å²) in [5.74, 6) is -2.18. The Morgan fingerprint density at radius 2 is 1.71 bits per heavy atom. The van der Waals surface area contributed by atoms with Crippen molar-refractivity contribution in [2.45, 2.75) is 64.6 Å². The van der Waals surface area contributed by atoms with E-state index in [1.807, 2.05) is 6.07 Å². The monoisotopic (exact) mass is 470 g/mol. The maximum absolute atomic E-state index is 13.0. The third kappa shape index (κ3) is 5.11. The topological polar surface area (TPSA) is 142 Å². The van der Waals surface area contributed by atoms with Crippen LogP contribution < -0.4 is 22.3 Å². The molecule has 0 radical (unpaired) electrons. The van der Waals surface area contributed by atoms with Gasteiger partial charge >= 0.3 is 11.7 Å². The highest BCUT2D eigenvalue weighted by molar-refractivity contribution is 6.01. The number of anilines is 1. The minimum atomic E-state index is -1.19. The van der Waals surface area contributed by atoms with Crippen molar-refractivity contribution >= 4 is 23.5 Å². The quantitative estimate of drug-likeness (QED) is 0.436. The van der Waals surface area contributed by atoms with Crippen molar-refractivity contribution in [3.05, 3.63) is 62.3 Å². The smallest absolute Gasteiger partial charge is 0.332 e. The lowest BCUT2D eigenvalue weighted by molar-refractivity contribution is -0.154. The summed E-state index contributed by atoms with van der Waals surface area (Å²) >= 11 is 0. The highest BCUT2D eigenvalue weighted by atomic mass is 16.5. The summed E-state index contributed by atoms with van der Waals surface area (Å²) in [4.78, 5) is 63.3. The molecule has 0 unspecified atom stereocenters. The highest BCUT2D eigenvalue weighted by Gasteiger charge is 2.42. The van der Waals surface area contributed by atoms with Crippen LogP contribution >= 0.6 is 0 Å². The van der Waals surface area contributed by atoms with Gasteiger partial charge in [0.15, 0.2) is 6.61 Å². The van der Waals surface area contributed by atoms with Gasteiger partial charge in [-0.15, -0.1) is 0 Å². The zero-order valence-electron chi connectivity index (χ0n) is 19.5. The van der Waals surface area contributed by atoms with E-state index < -0.39 is 40.7 Å². The van der Waals surface area contributed by atoms with Crippen molar-refractivity contribution < 1.29 is 19.1 Å². The second kappa shape index (κ2) is 10.5. The number of esters is 1. The number of ether oxygens (including phenoxy) is 1. The number of hydrogen-bond acceptors (Lipinski definition) is 7. The number of ketones is 1. The van der Waals surface area contributed by atoms with Gasteiger partial charge in [-0.05, 0) is 25.3 Å². The van der Waals surface area contributed by atoms with Crippen LogP contribution in [0.4, 0.5) is 5.82 Å². The number of nitrogens with zero attached hydrogens (tertiary/aromatic N) is 2. The van der Waals surface area contributed by atoms with E-state index in [0.717, 1.165) is 34.0 Å². The minimum Gasteiger partial charge on any atom is -0.456 e. The Labute approximate surface area is 196 Å². The Kier molecular flexibility index (Phi) is 7.70. The molecule has 1 amide bonds. The molecule has 3 N–H and O–H groups in total. The van der Waals surface area contributed by atoms with E-state index in [9.17, 15) is 24.0 Å². The fourth-order valence-electron chi connectivity index (χ4n) is 4.39. The largest absolute Gasteiger partial charge is 0.456 e. The molecule has 10 nitrogen and oxygen atoms in total. The molecular formula is C24H30N4O6. The number of aromatic nitrogens is 2. The predicted octanol–water partition coefficient (Wildman–Crippen LogP) is 1.23. The number of carbonyl (C=O) groups excluding carboxylic acids is 3. The van der Waals surface area contributed by atoms with Crippen LogP contribution in [0.25, 0.3) is 0 Å². The zero-order valence-corrected chi connectivity index (χ0v) is 19.5. The number of nitrogens with two attached hydrogens (primary N) is 1. The Morgan fingerprint density at radius 3 is 2.29 bits per heavy atom. The number of amides is 1. The second-order valence-electron chi connectivity index (χ2n) is 8.49. The molecule has 1 aromatic heterocycles. The molecule has 0 spiro atoms. The summed E-state index contributed by atoms with van der Waals surface area (Å²) in [6.45, 7) is 2.31. The van der Waals surface area contributed by atoms with E-state index in [2.05, 4.69) is 5.32 Å². The molecule has 0 aliphatic heterocycles. The number of carbonyl (C=O) groups is 3. The lowest BCUT2D eigenvalue weighted by Gasteiger charge is -2.35. The molecule has 0 saturated heterocycles. The van der Waals surface area contributed by atoms with Gasteiger partial charge in [0.05, 0.1) is 6.54 Å². The number of nitrogen functional groups attached to an aromatic ring is 1. The molecule has 1 aromatic carbocycles. The molecule has 1 aliphatic rings. The number of benzene rings is 1. The van der Waals surface area contributed by atoms with Crippen LogP contribution in [0.2, 0.25) is 0 Å². The molecule has 0 bridgehead atoms. The molecule has 1 fully saturated rings. The van der Waals surface area contributed by atoms with Crippen LogP contribution in [0.3, 0.4) is 0 Å². The van der Waals surface area contributed by atoms with Crippen LogP contribution in [-0.2, 0) is 27.4 Å². The molecule has 1 saturated carbocycles. The maximum atomic E-state index is 13.0. The Balaban J connectivity index is 1.90. The normalized spacial score (nSPS) is 14.9. The molecule has 10 heteroatoms. The van der Waals surface area contributed by atoms with Gasteiger partial charge < -0.3 is 15.8 Å². The van der Waals surface area contributed by atoms with Gasteiger partial charge in [-0.2, -0.15) is 0 Å². The standard InChI is InChI=1S/C24H30N4O6/c1-3-27-21(31)19(20(25)28(23(27)33)14-17-10-6-4-7-11-17)18(30)15-34-22(32)24(26-16(2)29)12-8-5-9-13-24/h4,6-7,10-11H,3,5,8-9,12-15,25H2,1-2H3,(H,26,29). The molecule has 182 valence electrons. The van der Waals surface area contributed by atoms with Gasteiger partial charge in [0, 0.05) is 13.5 Å². The van der Waals surface area contributed by atoms with E-state index >= 15 is 0 Å². The van der Waals surface area contributed by atoms with Crippen LogP contribution in [0.5, 0.6) is 0 Å². The van der Waals surface area contributed by atoms with Crippen molar-refractivity contribution in [1.29, 1.82) is 0 Å². The first-order chi connectivity index (χ1) is 16.2. The van der Waals surface area contributed by atoms with Crippen molar-refractivity contribution in [1.82, 2.24) is 14.5 Å². The first-order valence-electron chi connectivity index (χ1n) is 11.4. The second-order valence-corrected chi connectivity index (χ2v) is 8.49. The molecule has 1 heterocycles. The van der Waals surface area contributed by atoms with Crippen molar-refractivity contribution in [3.8, 4) is 0 Å². The van der Waals surface area contributed by atoms with E-state index in [1.54, 1.807) is 31.2 Å². The first kappa shape index (κ1) is 24.9. The lowest BCUT2D eigenvalue weighted by atomic mass is 9.81. The fraction of sp³-hybridized carbons (Fsp3) is 0.458. The van der Waals surface area contributed by atoms with Gasteiger partial charge in [-0.1, -0.05) is 49.6 Å². The Hall–Kier alpha value is -3.69. The molecule has 0 atom stereocenters. The van der Waals surface area contributed by atoms with Crippen LogP contribution in [0.1, 0.15) is 61.9 Å². The summed E-state index contributed by atoms with van der Waals surface area (Å²) in [5.41, 5.74) is 3.84. The number of nitrogens with one attached hydrogen (secondary N) is 1. The van der Waals surface area contributed by atoms with Crippen molar-refractivity contribution in [2.75, 3.05) is 12.3 Å². The average Bonchev–Trinajstić information content (AvgIpc) is 2.81. The van der Waals surface area contributed by atoms with Gasteiger partial charge in [0.25, 0.3) is 5.56 Å². The number of rotatable bonds is 8. The van der Waals surface area contributed by atoms with Crippen molar-refractivity contribution in [3.63, 3.8) is 0 Å². The Bertz CT molecular complexity index is 1190. The van der Waals surface area contributed by atoms with E-state index in [1.165, 1.54) is 6.92 Å². The summed E-state index contributed by atoms with van der Waals surface area (Å²) in [6.07, 6.45) is 3.23. The molecule has 1 aliphatic carbocycles. The lowest BCUT2D eigenvalue weighted by Crippen LogP contribution is -2.56. The van der Waals surface area contributed by atoms with Crippen LogP contribution in [0.15, 0.2) is 39.9 Å². The van der Waals surface area contributed by atoms with Crippen LogP contribution in [-0.4, -0.2) is 38.9 Å². The SMILES string of the molecule is CCn1c(=O)c(C(=O)COC(=O)C2(NC(C)=O)CCCCC2)c(N)n(Cc2ccccc2)c1=O. The van der Waals surface area contributed by atoms with Gasteiger partial charge in [0.1, 0.15) is 16.9 Å². The summed E-state index contributed by atoms with van der Waals surface area (Å²) in [5, 5.41) is 2.68. The third-order valence-electron chi connectivity index (χ3n) is 6.09. The molecule has 3 rings (SSSR count). The summed E-state index contributed by atoms with van der Waals surface area (Å²) < 4.78 is 7.37. The Morgan fingerprint density at radius 1 is 1.06 bits per heavy atom. The zero-order chi connectivity index (χ0) is 24.9. The highest BCUT2D eigenvalue weighted by Crippen LogP contribution is 2.29. The number of Topliss-reactive ketones (excluding diaryl/α,β-unsaturated/α-hetero) is 1. The van der Waals surface area contributed by atoms with Gasteiger partial charge in [-0.25, -0.2) is 9.59 Å². The average molecular weight is 471 g/mol. The van der Waals surface area contributed by atoms with E-state index in [4.69, 9.17) is 10.5 Å². The molecular weight excluding hydrogens is 440 g/mol. The van der Waals surface area contributed by atoms with Gasteiger partial charge in [-0.3, -0.25) is 23.5 Å². The third-order valence-corrected chi connectivity index (χ3v) is 6.09.